The van der Waals surface area contributed by atoms with Crippen molar-refractivity contribution in [1.29, 1.82) is 0 Å². The zero-order valence-electron chi connectivity index (χ0n) is 14.5. The van der Waals surface area contributed by atoms with Crippen molar-refractivity contribution < 1.29 is 23.1 Å². The molecule has 7 nitrogen and oxygen atoms in total. The van der Waals surface area contributed by atoms with Crippen LogP contribution in [0.25, 0.3) is 0 Å². The third-order valence-corrected chi connectivity index (χ3v) is 9.39. The van der Waals surface area contributed by atoms with Crippen LogP contribution in [-0.2, 0) is 19.4 Å². The largest absolute Gasteiger partial charge is 0.481 e. The highest BCUT2D eigenvalue weighted by Crippen LogP contribution is 2.51. The molecule has 0 unspecified atom stereocenters. The molecule has 4 aliphatic rings. The fourth-order valence-corrected chi connectivity index (χ4v) is 9.07. The van der Waals surface area contributed by atoms with E-state index < -0.39 is 15.8 Å². The van der Waals surface area contributed by atoms with Gasteiger partial charge in [0, 0.05) is 24.1 Å². The van der Waals surface area contributed by atoms with E-state index in [1.165, 1.54) is 31.0 Å². The number of nitrogens with zero attached hydrogens (tertiary/aromatic N) is 2. The molecule has 4 rings (SSSR count). The molecule has 1 N–H and O–H groups in total. The summed E-state index contributed by atoms with van der Waals surface area (Å²) in [7, 11) is -3.02. The second kappa shape index (κ2) is 6.82. The van der Waals surface area contributed by atoms with Gasteiger partial charge in [0.05, 0.1) is 17.5 Å². The number of thioether (sulfide) groups is 1. The Morgan fingerprint density at radius 2 is 1.96 bits per heavy atom. The maximum absolute atomic E-state index is 12.2. The fourth-order valence-electron chi connectivity index (χ4n) is 5.08. The predicted molar refractivity (Wildman–Crippen MR) is 98.8 cm³/mol. The summed E-state index contributed by atoms with van der Waals surface area (Å²) in [6, 6.07) is 0.232. The maximum Gasteiger partial charge on any atom is 0.303 e. The Bertz CT molecular complexity index is 750. The lowest BCUT2D eigenvalue weighted by molar-refractivity contribution is -0.137. The van der Waals surface area contributed by atoms with E-state index in [-0.39, 0.29) is 48.0 Å². The van der Waals surface area contributed by atoms with Crippen LogP contribution < -0.4 is 0 Å². The van der Waals surface area contributed by atoms with Gasteiger partial charge in [0.2, 0.25) is 5.91 Å². The molecule has 1 amide bonds. The van der Waals surface area contributed by atoms with Crippen LogP contribution in [0.1, 0.15) is 44.9 Å². The Morgan fingerprint density at radius 3 is 2.62 bits per heavy atom. The lowest BCUT2D eigenvalue weighted by Crippen LogP contribution is -2.47. The maximum atomic E-state index is 12.2. The Hall–Kier alpha value is -1.09. The first-order chi connectivity index (χ1) is 12.3. The molecule has 9 heteroatoms. The minimum atomic E-state index is -3.02. The lowest BCUT2D eigenvalue weighted by atomic mass is 9.93. The average Bonchev–Trinajstić information content (AvgIpc) is 3.26. The van der Waals surface area contributed by atoms with E-state index >= 15 is 0 Å². The molecule has 2 aliphatic carbocycles. The molecule has 2 aliphatic heterocycles. The van der Waals surface area contributed by atoms with Crippen molar-refractivity contribution in [3.8, 4) is 0 Å². The average molecular weight is 401 g/mol. The zero-order chi connectivity index (χ0) is 18.5. The normalized spacial score (nSPS) is 38.8. The summed E-state index contributed by atoms with van der Waals surface area (Å²) in [5, 5.41) is 9.33. The number of aliphatic imine (C=N–C) groups is 1. The van der Waals surface area contributed by atoms with E-state index in [4.69, 9.17) is 5.11 Å². The van der Waals surface area contributed by atoms with Crippen molar-refractivity contribution >= 4 is 38.6 Å². The van der Waals surface area contributed by atoms with Crippen LogP contribution >= 0.6 is 11.8 Å². The highest BCUT2D eigenvalue weighted by molar-refractivity contribution is 8.15. The minimum Gasteiger partial charge on any atom is -0.481 e. The molecule has 0 radical (unpaired) electrons. The monoisotopic (exact) mass is 400 g/mol. The summed E-state index contributed by atoms with van der Waals surface area (Å²) in [4.78, 5) is 29.3. The molecule has 0 spiro atoms. The van der Waals surface area contributed by atoms with Gasteiger partial charge in [0.1, 0.15) is 0 Å². The number of rotatable bonds is 5. The number of carboxylic acid groups (broad SMARTS) is 1. The molecule has 4 fully saturated rings. The Labute approximate surface area is 157 Å². The van der Waals surface area contributed by atoms with Crippen LogP contribution in [0.2, 0.25) is 0 Å². The molecule has 0 aromatic heterocycles. The van der Waals surface area contributed by atoms with Gasteiger partial charge < -0.3 is 10.0 Å². The number of fused-ring (bicyclic) bond motifs is 3. The van der Waals surface area contributed by atoms with Gasteiger partial charge >= 0.3 is 5.97 Å². The second-order valence-corrected chi connectivity index (χ2v) is 11.3. The Balaban J connectivity index is 1.52. The lowest BCUT2D eigenvalue weighted by Gasteiger charge is -2.36. The van der Waals surface area contributed by atoms with Crippen LogP contribution in [-0.4, -0.2) is 64.3 Å². The summed E-state index contributed by atoms with van der Waals surface area (Å²) in [6.45, 7) is 0. The number of carboxylic acids is 1. The third-order valence-electron chi connectivity index (χ3n) is 6.17. The molecule has 5 atom stereocenters. The molecule has 2 heterocycles. The summed E-state index contributed by atoms with van der Waals surface area (Å²) < 4.78 is 24.2. The number of hydrogen-bond acceptors (Lipinski definition) is 5. The third kappa shape index (κ3) is 3.52. The van der Waals surface area contributed by atoms with Crippen molar-refractivity contribution in [2.45, 2.75) is 62.3 Å². The number of sulfone groups is 1. The molecule has 2 saturated carbocycles. The standard InChI is InChI=1S/C17H24N2O5S2/c20-15(2-1-3-16(21)22)18-17-19(12-7-10-4-5-11(12)6-10)13-8-26(23,24)9-14(13)25-17/h10-14H,1-9H2,(H,21,22)/t10-,11-,12+,13+,14+/m0/s1. The van der Waals surface area contributed by atoms with Gasteiger partial charge in [-0.25, -0.2) is 8.42 Å². The zero-order valence-corrected chi connectivity index (χ0v) is 16.2. The molecular formula is C17H24N2O5S2. The predicted octanol–water partition coefficient (Wildman–Crippen LogP) is 1.53. The van der Waals surface area contributed by atoms with Crippen LogP contribution in [0.4, 0.5) is 0 Å². The summed E-state index contributed by atoms with van der Waals surface area (Å²) >= 11 is 1.43. The van der Waals surface area contributed by atoms with Gasteiger partial charge in [0.25, 0.3) is 0 Å². The van der Waals surface area contributed by atoms with Gasteiger partial charge in [-0.05, 0) is 37.5 Å². The number of carbonyl (C=O) groups excluding carboxylic acids is 1. The summed E-state index contributed by atoms with van der Waals surface area (Å²) in [6.07, 6.45) is 5.08. The van der Waals surface area contributed by atoms with E-state index in [2.05, 4.69) is 9.89 Å². The van der Waals surface area contributed by atoms with Gasteiger partial charge in [0.15, 0.2) is 15.0 Å². The molecule has 2 saturated heterocycles. The van der Waals surface area contributed by atoms with Gasteiger partial charge in [-0.1, -0.05) is 18.2 Å². The number of amides is 1. The molecule has 26 heavy (non-hydrogen) atoms. The highest BCUT2D eigenvalue weighted by Gasteiger charge is 2.54. The van der Waals surface area contributed by atoms with Gasteiger partial charge in [-0.3, -0.25) is 9.59 Å². The molecule has 144 valence electrons. The van der Waals surface area contributed by atoms with Crippen LogP contribution in [0.5, 0.6) is 0 Å². The Morgan fingerprint density at radius 1 is 1.15 bits per heavy atom. The van der Waals surface area contributed by atoms with Crippen LogP contribution in [0.15, 0.2) is 4.99 Å². The number of hydrogen-bond donors (Lipinski definition) is 1. The van der Waals surface area contributed by atoms with Crippen molar-refractivity contribution in [3.05, 3.63) is 0 Å². The van der Waals surface area contributed by atoms with Gasteiger partial charge in [-0.15, -0.1) is 0 Å². The highest BCUT2D eigenvalue weighted by atomic mass is 32.2. The fraction of sp³-hybridized carbons (Fsp3) is 0.824. The minimum absolute atomic E-state index is 0.0373. The van der Waals surface area contributed by atoms with Crippen molar-refractivity contribution in [2.24, 2.45) is 16.8 Å². The van der Waals surface area contributed by atoms with Crippen molar-refractivity contribution in [2.75, 3.05) is 11.5 Å². The van der Waals surface area contributed by atoms with E-state index in [9.17, 15) is 18.0 Å². The summed E-state index contributed by atoms with van der Waals surface area (Å²) in [5.41, 5.74) is 0. The Kier molecular flexibility index (Phi) is 4.79. The van der Waals surface area contributed by atoms with Gasteiger partial charge in [-0.2, -0.15) is 4.99 Å². The summed E-state index contributed by atoms with van der Waals surface area (Å²) in [5.74, 6) is 0.403. The quantitative estimate of drug-likeness (QED) is 0.746. The first-order valence-corrected chi connectivity index (χ1v) is 12.0. The number of carbonyl (C=O) groups is 2. The topological polar surface area (TPSA) is 104 Å². The van der Waals surface area contributed by atoms with Crippen LogP contribution in [0.3, 0.4) is 0 Å². The SMILES string of the molecule is O=C(O)CCCC(=O)N=C1S[C@@H]2CS(=O)(=O)C[C@H]2N1[C@@H]1C[C@H]2CC[C@H]1C2. The van der Waals surface area contributed by atoms with E-state index in [1.807, 2.05) is 0 Å². The van der Waals surface area contributed by atoms with Crippen LogP contribution in [0, 0.1) is 11.8 Å². The van der Waals surface area contributed by atoms with Crippen molar-refractivity contribution in [3.63, 3.8) is 0 Å². The molecule has 0 aromatic carbocycles. The van der Waals surface area contributed by atoms with E-state index in [0.29, 0.717) is 17.1 Å². The van der Waals surface area contributed by atoms with E-state index in [0.717, 1.165) is 12.3 Å². The molecule has 0 aromatic rings. The first kappa shape index (κ1) is 18.3. The second-order valence-electron chi connectivity index (χ2n) is 7.99. The smallest absolute Gasteiger partial charge is 0.303 e. The molecule has 2 bridgehead atoms. The number of amidine groups is 1. The first-order valence-electron chi connectivity index (χ1n) is 9.31. The van der Waals surface area contributed by atoms with Crippen molar-refractivity contribution in [1.82, 2.24) is 4.90 Å². The number of aliphatic carboxylic acids is 1. The van der Waals surface area contributed by atoms with E-state index in [1.54, 1.807) is 0 Å². The molecular weight excluding hydrogens is 376 g/mol.